The average Bonchev–Trinajstić information content (AvgIpc) is 2.89. The second-order valence-electron chi connectivity index (χ2n) is 11.5. The molecule has 2 aromatic carbocycles. The minimum atomic E-state index is -0.977. The van der Waals surface area contributed by atoms with Crippen LogP contribution in [0.5, 0.6) is 0 Å². The molecule has 2 atom stereocenters. The van der Waals surface area contributed by atoms with Crippen LogP contribution in [0.25, 0.3) is 10.9 Å². The zero-order valence-corrected chi connectivity index (χ0v) is 25.3. The lowest BCUT2D eigenvalue weighted by Gasteiger charge is -2.32. The van der Waals surface area contributed by atoms with Crippen LogP contribution in [0.3, 0.4) is 0 Å². The summed E-state index contributed by atoms with van der Waals surface area (Å²) in [6, 6.07) is 8.57. The van der Waals surface area contributed by atoms with Crippen LogP contribution in [0.1, 0.15) is 73.9 Å². The van der Waals surface area contributed by atoms with Gasteiger partial charge in [-0.3, -0.25) is 9.59 Å². The standard InChI is InChI=1S/C31H35BrF3N3O3/c1-18-28(24-14-20(32)8-11-26(24)37-29(18)38-13-5-6-22(34)17-38)30(40)36-16-19(7-12-27(39)41-31(2,3)4)23-15-21(33)9-10-25(23)35/h8-11,14-15,19,22H,5-7,12-13,16-17H2,1-4H3,(H,36,40). The summed E-state index contributed by atoms with van der Waals surface area (Å²) in [5.41, 5.74) is 0.934. The molecular weight excluding hydrogens is 599 g/mol. The Balaban J connectivity index is 1.65. The lowest BCUT2D eigenvalue weighted by atomic mass is 9.93. The van der Waals surface area contributed by atoms with E-state index < -0.39 is 41.2 Å². The zero-order valence-electron chi connectivity index (χ0n) is 23.7. The van der Waals surface area contributed by atoms with Gasteiger partial charge in [-0.25, -0.2) is 18.2 Å². The third kappa shape index (κ3) is 7.78. The molecule has 1 saturated heterocycles. The highest BCUT2D eigenvalue weighted by atomic mass is 79.9. The van der Waals surface area contributed by atoms with Gasteiger partial charge in [0.2, 0.25) is 0 Å². The van der Waals surface area contributed by atoms with E-state index in [9.17, 15) is 22.8 Å². The van der Waals surface area contributed by atoms with Crippen molar-refractivity contribution in [1.29, 1.82) is 0 Å². The van der Waals surface area contributed by atoms with Gasteiger partial charge in [-0.15, -0.1) is 0 Å². The largest absolute Gasteiger partial charge is 0.460 e. The van der Waals surface area contributed by atoms with Crippen molar-refractivity contribution in [3.05, 3.63) is 69.2 Å². The molecule has 6 nitrogen and oxygen atoms in total. The van der Waals surface area contributed by atoms with Crippen molar-refractivity contribution >= 4 is 44.5 Å². The molecule has 1 fully saturated rings. The summed E-state index contributed by atoms with van der Waals surface area (Å²) in [7, 11) is 0. The third-order valence-corrected chi connectivity index (χ3v) is 7.57. The number of pyridine rings is 1. The van der Waals surface area contributed by atoms with Gasteiger partial charge in [0.05, 0.1) is 17.6 Å². The van der Waals surface area contributed by atoms with Crippen LogP contribution in [0.2, 0.25) is 0 Å². The fourth-order valence-electron chi connectivity index (χ4n) is 5.22. The normalized spacial score (nSPS) is 16.5. The van der Waals surface area contributed by atoms with Crippen molar-refractivity contribution in [3.8, 4) is 0 Å². The zero-order chi connectivity index (χ0) is 29.9. The van der Waals surface area contributed by atoms with Crippen LogP contribution >= 0.6 is 15.9 Å². The number of anilines is 1. The smallest absolute Gasteiger partial charge is 0.306 e. The van der Waals surface area contributed by atoms with Gasteiger partial charge in [0, 0.05) is 40.9 Å². The number of halogens is 4. The fraction of sp³-hybridized carbons (Fsp3) is 0.452. The number of fused-ring (bicyclic) bond motifs is 1. The van der Waals surface area contributed by atoms with Crippen molar-refractivity contribution in [3.63, 3.8) is 0 Å². The highest BCUT2D eigenvalue weighted by Gasteiger charge is 2.27. The number of hydrogen-bond acceptors (Lipinski definition) is 5. The van der Waals surface area contributed by atoms with Crippen LogP contribution < -0.4 is 10.2 Å². The monoisotopic (exact) mass is 633 g/mol. The van der Waals surface area contributed by atoms with E-state index >= 15 is 0 Å². The minimum absolute atomic E-state index is 0.0402. The predicted octanol–water partition coefficient (Wildman–Crippen LogP) is 7.16. The molecule has 220 valence electrons. The summed E-state index contributed by atoms with van der Waals surface area (Å²) in [6.07, 6.45) is 0.288. The van der Waals surface area contributed by atoms with Gasteiger partial charge in [-0.2, -0.15) is 0 Å². The topological polar surface area (TPSA) is 71.5 Å². The highest BCUT2D eigenvalue weighted by Crippen LogP contribution is 2.33. The van der Waals surface area contributed by atoms with Crippen molar-refractivity contribution in [2.45, 2.75) is 71.1 Å². The number of alkyl halides is 1. The molecule has 1 amide bonds. The average molecular weight is 635 g/mol. The van der Waals surface area contributed by atoms with Crippen molar-refractivity contribution < 1.29 is 27.5 Å². The van der Waals surface area contributed by atoms with Crippen LogP contribution in [0, 0.1) is 18.6 Å². The molecule has 41 heavy (non-hydrogen) atoms. The molecule has 2 heterocycles. The highest BCUT2D eigenvalue weighted by molar-refractivity contribution is 9.10. The van der Waals surface area contributed by atoms with Crippen molar-refractivity contribution in [2.75, 3.05) is 24.5 Å². The number of rotatable bonds is 8. The molecule has 1 aliphatic heterocycles. The summed E-state index contributed by atoms with van der Waals surface area (Å²) in [4.78, 5) is 32.9. The number of carbonyl (C=O) groups excluding carboxylic acids is 2. The molecule has 2 unspecified atom stereocenters. The Morgan fingerprint density at radius 1 is 1.20 bits per heavy atom. The Bertz CT molecular complexity index is 1440. The second kappa shape index (κ2) is 12.8. The van der Waals surface area contributed by atoms with E-state index in [0.717, 1.165) is 22.7 Å². The molecule has 0 radical (unpaired) electrons. The van der Waals surface area contributed by atoms with Gasteiger partial charge in [0.15, 0.2) is 0 Å². The molecule has 1 aliphatic rings. The summed E-state index contributed by atoms with van der Waals surface area (Å²) in [6.45, 7) is 7.81. The maximum absolute atomic E-state index is 14.8. The van der Waals surface area contributed by atoms with Gasteiger partial charge in [0.1, 0.15) is 29.2 Å². The Hall–Kier alpha value is -3.14. The summed E-state index contributed by atoms with van der Waals surface area (Å²) in [5, 5.41) is 3.50. The molecule has 0 spiro atoms. The number of esters is 1. The molecule has 4 rings (SSSR count). The van der Waals surface area contributed by atoms with Gasteiger partial charge >= 0.3 is 5.97 Å². The van der Waals surface area contributed by atoms with Gasteiger partial charge < -0.3 is 15.0 Å². The van der Waals surface area contributed by atoms with Gasteiger partial charge in [-0.1, -0.05) is 15.9 Å². The fourth-order valence-corrected chi connectivity index (χ4v) is 5.58. The van der Waals surface area contributed by atoms with Crippen LogP contribution in [0.4, 0.5) is 19.0 Å². The third-order valence-electron chi connectivity index (χ3n) is 7.08. The predicted molar refractivity (Wildman–Crippen MR) is 157 cm³/mol. The van der Waals surface area contributed by atoms with E-state index in [2.05, 4.69) is 21.2 Å². The molecule has 1 aromatic heterocycles. The number of piperidine rings is 1. The van der Waals surface area contributed by atoms with Crippen LogP contribution in [0.15, 0.2) is 40.9 Å². The lowest BCUT2D eigenvalue weighted by molar-refractivity contribution is -0.155. The Morgan fingerprint density at radius 3 is 2.66 bits per heavy atom. The maximum atomic E-state index is 14.8. The molecule has 0 aliphatic carbocycles. The first-order chi connectivity index (χ1) is 19.3. The van der Waals surface area contributed by atoms with Gasteiger partial charge in [0.25, 0.3) is 5.91 Å². The summed E-state index contributed by atoms with van der Waals surface area (Å²) < 4.78 is 49.4. The summed E-state index contributed by atoms with van der Waals surface area (Å²) in [5.74, 6) is -2.29. The number of carbonyl (C=O) groups is 2. The number of ether oxygens (including phenoxy) is 1. The van der Waals surface area contributed by atoms with Crippen molar-refractivity contribution in [1.82, 2.24) is 10.3 Å². The van der Waals surface area contributed by atoms with Crippen molar-refractivity contribution in [2.24, 2.45) is 0 Å². The molecule has 0 bridgehead atoms. The quantitative estimate of drug-likeness (QED) is 0.267. The van der Waals surface area contributed by atoms with E-state index in [1.54, 1.807) is 39.8 Å². The van der Waals surface area contributed by atoms with E-state index in [0.29, 0.717) is 47.2 Å². The van der Waals surface area contributed by atoms with E-state index in [-0.39, 0.29) is 31.5 Å². The molecule has 10 heteroatoms. The molecular formula is C31H35BrF3N3O3. The first kappa shape index (κ1) is 30.8. The number of benzene rings is 2. The number of nitrogens with zero attached hydrogens (tertiary/aromatic N) is 2. The summed E-state index contributed by atoms with van der Waals surface area (Å²) >= 11 is 3.47. The Labute approximate surface area is 246 Å². The number of amides is 1. The van der Waals surface area contributed by atoms with Gasteiger partial charge in [-0.05, 0) is 88.9 Å². The van der Waals surface area contributed by atoms with E-state index in [4.69, 9.17) is 9.72 Å². The first-order valence-electron chi connectivity index (χ1n) is 13.8. The Morgan fingerprint density at radius 2 is 1.95 bits per heavy atom. The molecule has 0 saturated carbocycles. The first-order valence-corrected chi connectivity index (χ1v) is 14.6. The lowest BCUT2D eigenvalue weighted by Crippen LogP contribution is -2.38. The maximum Gasteiger partial charge on any atom is 0.306 e. The van der Waals surface area contributed by atoms with E-state index in [1.807, 2.05) is 11.0 Å². The second-order valence-corrected chi connectivity index (χ2v) is 12.4. The van der Waals surface area contributed by atoms with Crippen LogP contribution in [-0.2, 0) is 9.53 Å². The van der Waals surface area contributed by atoms with Crippen LogP contribution in [-0.4, -0.2) is 48.3 Å². The number of aromatic nitrogens is 1. The Kier molecular flexibility index (Phi) is 9.62. The number of nitrogens with one attached hydrogen (secondary N) is 1. The number of hydrogen-bond donors (Lipinski definition) is 1. The minimum Gasteiger partial charge on any atom is -0.460 e. The SMILES string of the molecule is Cc1c(N2CCCC(F)C2)nc2ccc(Br)cc2c1C(=O)NCC(CCC(=O)OC(C)(C)C)c1cc(F)ccc1F. The molecule has 1 N–H and O–H groups in total. The molecule has 3 aromatic rings. The van der Waals surface area contributed by atoms with E-state index in [1.165, 1.54) is 0 Å².